The summed E-state index contributed by atoms with van der Waals surface area (Å²) in [5, 5.41) is 3.57. The van der Waals surface area contributed by atoms with Crippen LogP contribution in [0.25, 0.3) is 0 Å². The lowest BCUT2D eigenvalue weighted by Crippen LogP contribution is -2.39. The summed E-state index contributed by atoms with van der Waals surface area (Å²) in [5.41, 5.74) is 1.47. The molecule has 2 heteroatoms. The average molecular weight is 249 g/mol. The highest BCUT2D eigenvalue weighted by Gasteiger charge is 2.19. The molecule has 0 aliphatic carbocycles. The van der Waals surface area contributed by atoms with Crippen molar-refractivity contribution in [3.63, 3.8) is 0 Å². The number of hydrogen-bond donors (Lipinski definition) is 1. The van der Waals surface area contributed by atoms with Crippen LogP contribution in [0.5, 0.6) is 5.75 Å². The molecule has 0 amide bonds. The van der Waals surface area contributed by atoms with E-state index in [1.807, 2.05) is 12.1 Å². The molecule has 2 atom stereocenters. The molecule has 0 radical (unpaired) electrons. The van der Waals surface area contributed by atoms with Crippen LogP contribution >= 0.6 is 0 Å². The Kier molecular flexibility index (Phi) is 5.21. The highest BCUT2D eigenvalue weighted by atomic mass is 16.5. The quantitative estimate of drug-likeness (QED) is 0.856. The molecule has 1 aromatic carbocycles. The fraction of sp³-hybridized carbons (Fsp3) is 0.625. The maximum atomic E-state index is 5.44. The molecule has 1 aromatic rings. The van der Waals surface area contributed by atoms with Gasteiger partial charge in [-0.3, -0.25) is 0 Å². The van der Waals surface area contributed by atoms with Gasteiger partial charge in [0.15, 0.2) is 0 Å². The lowest BCUT2D eigenvalue weighted by molar-refractivity contribution is 0.350. The summed E-state index contributed by atoms with van der Waals surface area (Å²) in [4.78, 5) is 0. The van der Waals surface area contributed by atoms with Crippen LogP contribution in [0.15, 0.2) is 24.3 Å². The zero-order valence-electron chi connectivity index (χ0n) is 12.6. The Morgan fingerprint density at radius 2 is 1.78 bits per heavy atom. The zero-order chi connectivity index (χ0) is 13.8. The van der Waals surface area contributed by atoms with Gasteiger partial charge in [-0.25, -0.2) is 0 Å². The second-order valence-corrected chi connectivity index (χ2v) is 6.14. The number of methoxy groups -OCH3 is 1. The summed E-state index contributed by atoms with van der Waals surface area (Å²) in [5.74, 6) is 2.05. The Morgan fingerprint density at radius 1 is 1.17 bits per heavy atom. The fourth-order valence-corrected chi connectivity index (χ4v) is 1.99. The van der Waals surface area contributed by atoms with Crippen molar-refractivity contribution in [2.45, 2.75) is 46.1 Å². The van der Waals surface area contributed by atoms with Gasteiger partial charge >= 0.3 is 0 Å². The van der Waals surface area contributed by atoms with Crippen molar-refractivity contribution in [2.75, 3.05) is 13.7 Å². The van der Waals surface area contributed by atoms with Crippen LogP contribution in [0.3, 0.4) is 0 Å². The van der Waals surface area contributed by atoms with Gasteiger partial charge in [0.25, 0.3) is 0 Å². The predicted molar refractivity (Wildman–Crippen MR) is 78.3 cm³/mol. The molecule has 0 saturated carbocycles. The van der Waals surface area contributed by atoms with Gasteiger partial charge in [0, 0.05) is 5.54 Å². The van der Waals surface area contributed by atoms with Crippen LogP contribution in [0.2, 0.25) is 0 Å². The van der Waals surface area contributed by atoms with Crippen LogP contribution in [0.1, 0.15) is 46.1 Å². The van der Waals surface area contributed by atoms with E-state index in [0.717, 1.165) is 12.3 Å². The Bertz CT molecular complexity index is 368. The average Bonchev–Trinajstić information content (AvgIpc) is 2.34. The summed E-state index contributed by atoms with van der Waals surface area (Å²) < 4.78 is 5.44. The van der Waals surface area contributed by atoms with E-state index < -0.39 is 0 Å². The molecule has 1 rings (SSSR count). The van der Waals surface area contributed by atoms with Gasteiger partial charge in [-0.05, 0) is 50.8 Å². The van der Waals surface area contributed by atoms with Crippen LogP contribution < -0.4 is 10.1 Å². The zero-order valence-corrected chi connectivity index (χ0v) is 12.6. The van der Waals surface area contributed by atoms with Crippen LogP contribution in [-0.4, -0.2) is 19.2 Å². The van der Waals surface area contributed by atoms with Crippen molar-refractivity contribution in [3.05, 3.63) is 29.8 Å². The summed E-state index contributed by atoms with van der Waals surface area (Å²) in [6, 6.07) is 8.30. The van der Waals surface area contributed by atoms with Crippen molar-refractivity contribution in [1.29, 1.82) is 0 Å². The fourth-order valence-electron chi connectivity index (χ4n) is 1.99. The number of rotatable bonds is 5. The summed E-state index contributed by atoms with van der Waals surface area (Å²) in [6.07, 6.45) is 0. The van der Waals surface area contributed by atoms with Crippen molar-refractivity contribution in [3.8, 4) is 5.75 Å². The number of nitrogens with one attached hydrogen (secondary N) is 1. The third kappa shape index (κ3) is 4.34. The predicted octanol–water partition coefficient (Wildman–Crippen LogP) is 3.82. The minimum Gasteiger partial charge on any atom is -0.496 e. The molecule has 1 N–H and O–H groups in total. The maximum absolute atomic E-state index is 5.44. The first-order valence-electron chi connectivity index (χ1n) is 6.73. The van der Waals surface area contributed by atoms with Crippen molar-refractivity contribution in [2.24, 2.45) is 5.92 Å². The molecule has 0 fully saturated rings. The van der Waals surface area contributed by atoms with E-state index in [1.54, 1.807) is 7.11 Å². The number of ether oxygens (including phenoxy) is 1. The smallest absolute Gasteiger partial charge is 0.122 e. The van der Waals surface area contributed by atoms with Gasteiger partial charge in [0.2, 0.25) is 0 Å². The Morgan fingerprint density at radius 3 is 2.33 bits per heavy atom. The lowest BCUT2D eigenvalue weighted by Gasteiger charge is -2.27. The molecular formula is C16H27NO. The first-order valence-corrected chi connectivity index (χ1v) is 6.73. The molecule has 0 heterocycles. The molecule has 0 bridgehead atoms. The second-order valence-electron chi connectivity index (χ2n) is 6.14. The summed E-state index contributed by atoms with van der Waals surface area (Å²) in [6.45, 7) is 12.2. The molecule has 0 aromatic heterocycles. The van der Waals surface area contributed by atoms with E-state index in [4.69, 9.17) is 4.74 Å². The molecule has 0 aliphatic heterocycles. The van der Waals surface area contributed by atoms with Gasteiger partial charge in [0.05, 0.1) is 7.11 Å². The second kappa shape index (κ2) is 6.24. The molecule has 0 spiro atoms. The third-order valence-corrected chi connectivity index (χ3v) is 3.44. The monoisotopic (exact) mass is 249 g/mol. The molecular weight excluding hydrogens is 222 g/mol. The van der Waals surface area contributed by atoms with Crippen molar-refractivity contribution < 1.29 is 4.74 Å². The minimum atomic E-state index is 0.175. The normalized spacial score (nSPS) is 15.2. The van der Waals surface area contributed by atoms with Crippen molar-refractivity contribution >= 4 is 0 Å². The Balaban J connectivity index is 2.71. The minimum absolute atomic E-state index is 0.175. The molecule has 0 aliphatic rings. The summed E-state index contributed by atoms with van der Waals surface area (Å²) >= 11 is 0. The maximum Gasteiger partial charge on any atom is 0.122 e. The van der Waals surface area contributed by atoms with Gasteiger partial charge in [0.1, 0.15) is 5.75 Å². The Hall–Kier alpha value is -1.02. The number of para-hydroxylation sites is 1. The van der Waals surface area contributed by atoms with Crippen LogP contribution in [0.4, 0.5) is 0 Å². The molecule has 102 valence electrons. The van der Waals surface area contributed by atoms with Gasteiger partial charge in [-0.15, -0.1) is 0 Å². The number of benzene rings is 1. The van der Waals surface area contributed by atoms with Crippen LogP contribution in [-0.2, 0) is 0 Å². The molecule has 0 saturated heterocycles. The highest BCUT2D eigenvalue weighted by Crippen LogP contribution is 2.31. The van der Waals surface area contributed by atoms with E-state index in [0.29, 0.717) is 11.8 Å². The van der Waals surface area contributed by atoms with Crippen molar-refractivity contribution in [1.82, 2.24) is 5.32 Å². The summed E-state index contributed by atoms with van der Waals surface area (Å²) in [7, 11) is 1.74. The standard InChI is InChI=1S/C16H27NO/c1-12(11-17-16(3,4)5)13(2)14-9-7-8-10-15(14)18-6/h7-10,12-13,17H,11H2,1-6H3. The van der Waals surface area contributed by atoms with Gasteiger partial charge < -0.3 is 10.1 Å². The molecule has 2 nitrogen and oxygen atoms in total. The van der Waals surface area contributed by atoms with Gasteiger partial charge in [-0.1, -0.05) is 32.0 Å². The third-order valence-electron chi connectivity index (χ3n) is 3.44. The molecule has 2 unspecified atom stereocenters. The van der Waals surface area contributed by atoms with E-state index in [9.17, 15) is 0 Å². The highest BCUT2D eigenvalue weighted by molar-refractivity contribution is 5.36. The van der Waals surface area contributed by atoms with E-state index >= 15 is 0 Å². The number of hydrogen-bond acceptors (Lipinski definition) is 2. The Labute approximate surface area is 112 Å². The topological polar surface area (TPSA) is 21.3 Å². The molecule has 18 heavy (non-hydrogen) atoms. The first-order chi connectivity index (χ1) is 8.35. The van der Waals surface area contributed by atoms with E-state index in [1.165, 1.54) is 5.56 Å². The van der Waals surface area contributed by atoms with E-state index in [2.05, 4.69) is 52.1 Å². The first kappa shape index (κ1) is 15.0. The SMILES string of the molecule is COc1ccccc1C(C)C(C)CNC(C)(C)C. The van der Waals surface area contributed by atoms with E-state index in [-0.39, 0.29) is 5.54 Å². The lowest BCUT2D eigenvalue weighted by atomic mass is 9.87. The largest absolute Gasteiger partial charge is 0.496 e. The van der Waals surface area contributed by atoms with Gasteiger partial charge in [-0.2, -0.15) is 0 Å². The van der Waals surface area contributed by atoms with Crippen LogP contribution in [0, 0.1) is 5.92 Å².